The van der Waals surface area contributed by atoms with Crippen LogP contribution in [-0.4, -0.2) is 57.0 Å². The minimum Gasteiger partial charge on any atom is -0.464 e. The fourth-order valence-corrected chi connectivity index (χ4v) is 3.35. The number of nitrogens with one attached hydrogen (secondary N) is 1. The number of nitrogens with zero attached hydrogens (tertiary/aromatic N) is 1. The molecular formula is C12H22N2O6S. The van der Waals surface area contributed by atoms with Gasteiger partial charge in [-0.25, -0.2) is 9.59 Å². The van der Waals surface area contributed by atoms with E-state index in [1.807, 2.05) is 0 Å². The van der Waals surface area contributed by atoms with Crippen LogP contribution >= 0.6 is 0 Å². The lowest BCUT2D eigenvalue weighted by Gasteiger charge is -2.27. The van der Waals surface area contributed by atoms with Crippen molar-refractivity contribution in [2.75, 3.05) is 26.3 Å². The first-order valence-corrected chi connectivity index (χ1v) is 8.47. The van der Waals surface area contributed by atoms with Gasteiger partial charge in [-0.2, -0.15) is 17.4 Å². The molecule has 8 nitrogen and oxygen atoms in total. The Morgan fingerprint density at radius 2 is 1.52 bits per heavy atom. The van der Waals surface area contributed by atoms with E-state index in [2.05, 4.69) is 4.72 Å². The van der Waals surface area contributed by atoms with Gasteiger partial charge in [0.15, 0.2) is 0 Å². The first-order chi connectivity index (χ1) is 9.92. The Morgan fingerprint density at radius 3 is 1.95 bits per heavy atom. The third-order valence-corrected chi connectivity index (χ3v) is 4.54. The maximum Gasteiger partial charge on any atom is 0.335 e. The average Bonchev–Trinajstić information content (AvgIpc) is 2.46. The molecule has 1 aliphatic heterocycles. The Labute approximate surface area is 125 Å². The Hall–Kier alpha value is -1.19. The standard InChI is InChI=1S/C12H22N2O6S/c1-3-19-11(15)10(12(16)20-4-2)13-21(17,18)14-8-6-5-7-9-14/h10,13H,3-9H2,1-2H3. The molecule has 122 valence electrons. The van der Waals surface area contributed by atoms with Crippen LogP contribution in [0.3, 0.4) is 0 Å². The number of hydrogen-bond acceptors (Lipinski definition) is 6. The van der Waals surface area contributed by atoms with Gasteiger partial charge in [-0.3, -0.25) is 0 Å². The summed E-state index contributed by atoms with van der Waals surface area (Å²) in [6.45, 7) is 3.96. The van der Waals surface area contributed by atoms with Crippen molar-refractivity contribution in [2.45, 2.75) is 39.2 Å². The van der Waals surface area contributed by atoms with Crippen molar-refractivity contribution >= 4 is 22.1 Å². The molecule has 1 N–H and O–H groups in total. The van der Waals surface area contributed by atoms with Crippen molar-refractivity contribution in [2.24, 2.45) is 0 Å². The van der Waals surface area contributed by atoms with Crippen molar-refractivity contribution in [1.29, 1.82) is 0 Å². The van der Waals surface area contributed by atoms with Crippen molar-refractivity contribution in [3.05, 3.63) is 0 Å². The number of esters is 2. The van der Waals surface area contributed by atoms with Crippen LogP contribution in [0.15, 0.2) is 0 Å². The van der Waals surface area contributed by atoms with Gasteiger partial charge in [-0.05, 0) is 26.7 Å². The monoisotopic (exact) mass is 322 g/mol. The third-order valence-electron chi connectivity index (χ3n) is 2.97. The SMILES string of the molecule is CCOC(=O)C(NS(=O)(=O)N1CCCCC1)C(=O)OCC. The second-order valence-corrected chi connectivity index (χ2v) is 6.22. The van der Waals surface area contributed by atoms with Crippen LogP contribution in [0.4, 0.5) is 0 Å². The van der Waals surface area contributed by atoms with E-state index in [9.17, 15) is 18.0 Å². The molecule has 0 amide bonds. The number of carbonyl (C=O) groups is 2. The van der Waals surface area contributed by atoms with E-state index >= 15 is 0 Å². The zero-order valence-electron chi connectivity index (χ0n) is 12.3. The maximum absolute atomic E-state index is 12.2. The molecule has 0 saturated carbocycles. The Kier molecular flexibility index (Phi) is 7.06. The quantitative estimate of drug-likeness (QED) is 0.514. The highest BCUT2D eigenvalue weighted by Crippen LogP contribution is 2.12. The molecule has 1 rings (SSSR count). The van der Waals surface area contributed by atoms with Gasteiger partial charge in [0.2, 0.25) is 6.04 Å². The predicted octanol–water partition coefficient (Wildman–Crippen LogP) is -0.198. The summed E-state index contributed by atoms with van der Waals surface area (Å²) in [6.07, 6.45) is 2.47. The van der Waals surface area contributed by atoms with Crippen LogP contribution in [0.1, 0.15) is 33.1 Å². The maximum atomic E-state index is 12.2. The van der Waals surface area contributed by atoms with E-state index in [1.165, 1.54) is 4.31 Å². The summed E-state index contributed by atoms with van der Waals surface area (Å²) in [5, 5.41) is 0. The van der Waals surface area contributed by atoms with Crippen molar-refractivity contribution in [3.8, 4) is 0 Å². The van der Waals surface area contributed by atoms with Crippen molar-refractivity contribution in [1.82, 2.24) is 9.03 Å². The number of hydrogen-bond donors (Lipinski definition) is 1. The highest BCUT2D eigenvalue weighted by atomic mass is 32.2. The molecule has 0 aromatic carbocycles. The molecule has 0 spiro atoms. The van der Waals surface area contributed by atoms with E-state index in [0.29, 0.717) is 13.1 Å². The largest absolute Gasteiger partial charge is 0.464 e. The molecule has 0 bridgehead atoms. The van der Waals surface area contributed by atoms with Gasteiger partial charge < -0.3 is 9.47 Å². The predicted molar refractivity (Wildman–Crippen MR) is 74.5 cm³/mol. The molecule has 0 aromatic heterocycles. The van der Waals surface area contributed by atoms with E-state index in [1.54, 1.807) is 13.8 Å². The average molecular weight is 322 g/mol. The Bertz CT molecular complexity index is 440. The third kappa shape index (κ3) is 5.25. The van der Waals surface area contributed by atoms with Crippen LogP contribution in [0.5, 0.6) is 0 Å². The molecule has 0 aliphatic carbocycles. The molecule has 0 unspecified atom stereocenters. The van der Waals surface area contributed by atoms with Crippen molar-refractivity contribution < 1.29 is 27.5 Å². The zero-order chi connectivity index (χ0) is 15.9. The fraction of sp³-hybridized carbons (Fsp3) is 0.833. The van der Waals surface area contributed by atoms with Crippen LogP contribution in [0, 0.1) is 0 Å². The van der Waals surface area contributed by atoms with E-state index in [-0.39, 0.29) is 13.2 Å². The molecule has 0 radical (unpaired) electrons. The smallest absolute Gasteiger partial charge is 0.335 e. The first-order valence-electron chi connectivity index (χ1n) is 7.03. The summed E-state index contributed by atoms with van der Waals surface area (Å²) in [4.78, 5) is 23.5. The van der Waals surface area contributed by atoms with Gasteiger partial charge in [0, 0.05) is 13.1 Å². The van der Waals surface area contributed by atoms with Crippen LogP contribution in [-0.2, 0) is 29.3 Å². The van der Waals surface area contributed by atoms with E-state index in [0.717, 1.165) is 19.3 Å². The summed E-state index contributed by atoms with van der Waals surface area (Å²) in [5.41, 5.74) is 0. The van der Waals surface area contributed by atoms with Crippen LogP contribution < -0.4 is 4.72 Å². The number of rotatable bonds is 7. The molecule has 0 aromatic rings. The number of piperidine rings is 1. The number of ether oxygens (including phenoxy) is 2. The molecule has 0 atom stereocenters. The lowest BCUT2D eigenvalue weighted by atomic mass is 10.2. The van der Waals surface area contributed by atoms with Gasteiger partial charge in [-0.15, -0.1) is 0 Å². The topological polar surface area (TPSA) is 102 Å². The molecule has 1 fully saturated rings. The molecule has 1 heterocycles. The van der Waals surface area contributed by atoms with Gasteiger partial charge in [0.1, 0.15) is 0 Å². The Balaban J connectivity index is 2.83. The lowest BCUT2D eigenvalue weighted by Crippen LogP contribution is -2.53. The second kappa shape index (κ2) is 8.30. The Morgan fingerprint density at radius 1 is 1.05 bits per heavy atom. The van der Waals surface area contributed by atoms with Crippen LogP contribution in [0.25, 0.3) is 0 Å². The summed E-state index contributed by atoms with van der Waals surface area (Å²) in [7, 11) is -3.93. The lowest BCUT2D eigenvalue weighted by molar-refractivity contribution is -0.157. The van der Waals surface area contributed by atoms with Gasteiger partial charge >= 0.3 is 11.9 Å². The second-order valence-electron chi connectivity index (χ2n) is 4.52. The normalized spacial score (nSPS) is 16.7. The highest BCUT2D eigenvalue weighted by Gasteiger charge is 2.36. The fourth-order valence-electron chi connectivity index (χ4n) is 1.97. The first kappa shape index (κ1) is 17.9. The molecule has 21 heavy (non-hydrogen) atoms. The molecule has 1 aliphatic rings. The summed E-state index contributed by atoms with van der Waals surface area (Å²) in [6, 6.07) is -1.67. The summed E-state index contributed by atoms with van der Waals surface area (Å²) >= 11 is 0. The molecule has 9 heteroatoms. The minimum atomic E-state index is -3.93. The zero-order valence-corrected chi connectivity index (χ0v) is 13.1. The van der Waals surface area contributed by atoms with Gasteiger partial charge in [0.25, 0.3) is 10.2 Å². The molecule has 1 saturated heterocycles. The van der Waals surface area contributed by atoms with Crippen LogP contribution in [0.2, 0.25) is 0 Å². The van der Waals surface area contributed by atoms with E-state index < -0.39 is 28.2 Å². The van der Waals surface area contributed by atoms with Gasteiger partial charge in [-0.1, -0.05) is 6.42 Å². The van der Waals surface area contributed by atoms with E-state index in [4.69, 9.17) is 9.47 Å². The minimum absolute atomic E-state index is 0.0418. The number of carbonyl (C=O) groups excluding carboxylic acids is 2. The highest BCUT2D eigenvalue weighted by molar-refractivity contribution is 7.87. The molecular weight excluding hydrogens is 300 g/mol. The summed E-state index contributed by atoms with van der Waals surface area (Å²) in [5.74, 6) is -1.92. The van der Waals surface area contributed by atoms with Crippen molar-refractivity contribution in [3.63, 3.8) is 0 Å². The summed E-state index contributed by atoms with van der Waals surface area (Å²) < 4.78 is 37.2. The van der Waals surface area contributed by atoms with Gasteiger partial charge in [0.05, 0.1) is 13.2 Å².